The van der Waals surface area contributed by atoms with Crippen LogP contribution in [0.1, 0.15) is 28.7 Å². The minimum Gasteiger partial charge on any atom is -0.437 e. The van der Waals surface area contributed by atoms with Gasteiger partial charge in [0.15, 0.2) is 11.5 Å². The zero-order valence-electron chi connectivity index (χ0n) is 19.6. The van der Waals surface area contributed by atoms with Crippen molar-refractivity contribution in [2.24, 2.45) is 11.5 Å². The average Bonchev–Trinajstić information content (AvgIpc) is 2.85. The van der Waals surface area contributed by atoms with Crippen molar-refractivity contribution in [2.45, 2.75) is 19.9 Å². The minimum atomic E-state index is -0.657. The summed E-state index contributed by atoms with van der Waals surface area (Å²) in [6.07, 6.45) is 0.527. The van der Waals surface area contributed by atoms with Gasteiger partial charge in [0.25, 0.3) is 5.91 Å². The first kappa shape index (κ1) is 23.5. The highest BCUT2D eigenvalue weighted by atomic mass is 16.5. The molecule has 1 amide bonds. The third-order valence-electron chi connectivity index (χ3n) is 5.85. The molecule has 0 bridgehead atoms. The second-order valence-electron chi connectivity index (χ2n) is 8.31. The van der Waals surface area contributed by atoms with Crippen molar-refractivity contribution in [2.75, 3.05) is 43.4 Å². The summed E-state index contributed by atoms with van der Waals surface area (Å²) in [6, 6.07) is 15.5. The molecule has 1 fully saturated rings. The second-order valence-corrected chi connectivity index (χ2v) is 8.31. The first-order valence-corrected chi connectivity index (χ1v) is 11.4. The van der Waals surface area contributed by atoms with E-state index in [0.717, 1.165) is 43.1 Å². The van der Waals surface area contributed by atoms with Gasteiger partial charge in [0, 0.05) is 44.1 Å². The van der Waals surface area contributed by atoms with Gasteiger partial charge in [-0.05, 0) is 55.4 Å². The first-order chi connectivity index (χ1) is 16.5. The van der Waals surface area contributed by atoms with Crippen LogP contribution in [0.25, 0.3) is 0 Å². The Morgan fingerprint density at radius 2 is 1.82 bits per heavy atom. The van der Waals surface area contributed by atoms with Gasteiger partial charge in [0.2, 0.25) is 5.88 Å². The topological polar surface area (TPSA) is 123 Å². The molecule has 9 nitrogen and oxygen atoms in total. The highest BCUT2D eigenvalue weighted by molar-refractivity contribution is 5.96. The van der Waals surface area contributed by atoms with E-state index in [1.54, 1.807) is 0 Å². The Bertz CT molecular complexity index is 1140. The normalized spacial score (nSPS) is 14.1. The molecule has 1 saturated heterocycles. The van der Waals surface area contributed by atoms with Crippen molar-refractivity contribution in [3.8, 4) is 11.6 Å². The number of carbonyl (C=O) groups is 1. The van der Waals surface area contributed by atoms with Crippen molar-refractivity contribution in [1.82, 2.24) is 14.9 Å². The second kappa shape index (κ2) is 10.5. The van der Waals surface area contributed by atoms with E-state index in [1.165, 1.54) is 0 Å². The zero-order chi connectivity index (χ0) is 24.1. The maximum atomic E-state index is 12.1. The highest BCUT2D eigenvalue weighted by Crippen LogP contribution is 2.29. The van der Waals surface area contributed by atoms with Gasteiger partial charge in [-0.1, -0.05) is 19.1 Å². The smallest absolute Gasteiger partial charge is 0.271 e. The van der Waals surface area contributed by atoms with Crippen LogP contribution >= 0.6 is 0 Å². The number of nitrogens with one attached hydrogen (secondary N) is 1. The first-order valence-electron chi connectivity index (χ1n) is 11.4. The molecule has 5 N–H and O–H groups in total. The number of nitrogens with zero attached hydrogens (tertiary/aromatic N) is 4. The van der Waals surface area contributed by atoms with E-state index in [0.29, 0.717) is 30.3 Å². The van der Waals surface area contributed by atoms with E-state index >= 15 is 0 Å². The Balaban J connectivity index is 1.59. The van der Waals surface area contributed by atoms with Crippen LogP contribution in [0.15, 0.2) is 48.5 Å². The molecular formula is C25H31N7O2. The van der Waals surface area contributed by atoms with Gasteiger partial charge in [0.05, 0.1) is 0 Å². The van der Waals surface area contributed by atoms with Gasteiger partial charge >= 0.3 is 0 Å². The van der Waals surface area contributed by atoms with Crippen LogP contribution in [0.4, 0.5) is 17.2 Å². The summed E-state index contributed by atoms with van der Waals surface area (Å²) in [5.74, 6) is 0.511. The summed E-state index contributed by atoms with van der Waals surface area (Å²) in [7, 11) is 2.14. The lowest BCUT2D eigenvalue weighted by Gasteiger charge is -2.34. The van der Waals surface area contributed by atoms with E-state index < -0.39 is 5.91 Å². The lowest BCUT2D eigenvalue weighted by atomic mass is 10.2. The number of nitrogens with two attached hydrogens (primary N) is 2. The van der Waals surface area contributed by atoms with Crippen LogP contribution in [-0.4, -0.2) is 54.0 Å². The third-order valence-corrected chi connectivity index (χ3v) is 5.85. The Morgan fingerprint density at radius 1 is 1.09 bits per heavy atom. The standard InChI is InChI=1S/C25H31N7O2/c1-3-21-25(34-20-6-4-5-17(15-20)16-26)30-24(22(29-21)23(27)33)28-18-7-9-19(10-8-18)32-13-11-31(2)12-14-32/h4-10,15H,3,11-14,16,26H2,1-2H3,(H2,27,33)(H,28,30). The van der Waals surface area contributed by atoms with Crippen molar-refractivity contribution in [3.05, 3.63) is 65.5 Å². The van der Waals surface area contributed by atoms with Crippen molar-refractivity contribution < 1.29 is 9.53 Å². The summed E-state index contributed by atoms with van der Waals surface area (Å²) >= 11 is 0. The molecule has 0 spiro atoms. The Labute approximate surface area is 199 Å². The van der Waals surface area contributed by atoms with E-state index in [9.17, 15) is 4.79 Å². The molecular weight excluding hydrogens is 430 g/mol. The van der Waals surface area contributed by atoms with Gasteiger partial charge in [-0.25, -0.2) is 4.98 Å². The number of amides is 1. The summed E-state index contributed by atoms with van der Waals surface area (Å²) in [5.41, 5.74) is 14.9. The van der Waals surface area contributed by atoms with Gasteiger partial charge in [-0.2, -0.15) is 4.98 Å². The van der Waals surface area contributed by atoms with Crippen LogP contribution < -0.4 is 26.4 Å². The summed E-state index contributed by atoms with van der Waals surface area (Å²) in [5, 5.41) is 3.19. The van der Waals surface area contributed by atoms with E-state index in [2.05, 4.69) is 44.3 Å². The molecule has 0 aliphatic carbocycles. The monoisotopic (exact) mass is 461 g/mol. The number of hydrogen-bond acceptors (Lipinski definition) is 8. The lowest BCUT2D eigenvalue weighted by molar-refractivity contribution is 0.0996. The molecule has 1 aromatic heterocycles. The maximum absolute atomic E-state index is 12.1. The molecule has 0 radical (unpaired) electrons. The molecule has 2 heterocycles. The molecule has 1 aliphatic rings. The number of carbonyl (C=O) groups excluding carboxylic acids is 1. The number of aryl methyl sites for hydroxylation is 1. The number of primary amides is 1. The predicted octanol–water partition coefficient (Wildman–Crippen LogP) is 2.88. The molecule has 0 atom stereocenters. The average molecular weight is 462 g/mol. The SMILES string of the molecule is CCc1nc(C(N)=O)c(Nc2ccc(N3CCN(C)CC3)cc2)nc1Oc1cccc(CN)c1. The zero-order valence-corrected chi connectivity index (χ0v) is 19.6. The van der Waals surface area contributed by atoms with Crippen LogP contribution in [0.3, 0.4) is 0 Å². The molecule has 0 unspecified atom stereocenters. The summed E-state index contributed by atoms with van der Waals surface area (Å²) in [6.45, 7) is 6.38. The molecule has 0 saturated carbocycles. The summed E-state index contributed by atoms with van der Waals surface area (Å²) in [4.78, 5) is 25.9. The van der Waals surface area contributed by atoms with Crippen LogP contribution in [0.2, 0.25) is 0 Å². The lowest BCUT2D eigenvalue weighted by Crippen LogP contribution is -2.44. The maximum Gasteiger partial charge on any atom is 0.271 e. The fourth-order valence-corrected chi connectivity index (χ4v) is 3.83. The summed E-state index contributed by atoms with van der Waals surface area (Å²) < 4.78 is 6.03. The molecule has 4 rings (SSSR count). The van der Waals surface area contributed by atoms with Crippen LogP contribution in [-0.2, 0) is 13.0 Å². The Morgan fingerprint density at radius 3 is 2.47 bits per heavy atom. The number of anilines is 3. The minimum absolute atomic E-state index is 0.0723. The van der Waals surface area contributed by atoms with Crippen LogP contribution in [0, 0.1) is 0 Å². The molecule has 9 heteroatoms. The van der Waals surface area contributed by atoms with E-state index in [-0.39, 0.29) is 11.5 Å². The fourth-order valence-electron chi connectivity index (χ4n) is 3.83. The van der Waals surface area contributed by atoms with Crippen molar-refractivity contribution in [1.29, 1.82) is 0 Å². The quantitative estimate of drug-likeness (QED) is 0.468. The van der Waals surface area contributed by atoms with Crippen molar-refractivity contribution >= 4 is 23.1 Å². The number of piperazine rings is 1. The van der Waals surface area contributed by atoms with Gasteiger partial charge in [-0.3, -0.25) is 4.79 Å². The number of hydrogen-bond donors (Lipinski definition) is 3. The highest BCUT2D eigenvalue weighted by Gasteiger charge is 2.19. The number of aromatic nitrogens is 2. The Kier molecular flexibility index (Phi) is 7.24. The van der Waals surface area contributed by atoms with Crippen LogP contribution in [0.5, 0.6) is 11.6 Å². The largest absolute Gasteiger partial charge is 0.437 e. The molecule has 3 aromatic rings. The molecule has 1 aliphatic heterocycles. The van der Waals surface area contributed by atoms with Gasteiger partial charge < -0.3 is 31.3 Å². The molecule has 34 heavy (non-hydrogen) atoms. The van der Waals surface area contributed by atoms with E-state index in [4.69, 9.17) is 16.2 Å². The molecule has 2 aromatic carbocycles. The van der Waals surface area contributed by atoms with Gasteiger partial charge in [0.1, 0.15) is 11.4 Å². The molecule has 178 valence electrons. The number of ether oxygens (including phenoxy) is 1. The number of rotatable bonds is 8. The predicted molar refractivity (Wildman–Crippen MR) is 134 cm³/mol. The fraction of sp³-hybridized carbons (Fsp3) is 0.320. The number of benzene rings is 2. The van der Waals surface area contributed by atoms with Crippen molar-refractivity contribution in [3.63, 3.8) is 0 Å². The van der Waals surface area contributed by atoms with E-state index in [1.807, 2.05) is 43.3 Å². The number of likely N-dealkylation sites (N-methyl/N-ethyl adjacent to an activating group) is 1. The van der Waals surface area contributed by atoms with Gasteiger partial charge in [-0.15, -0.1) is 0 Å². The Hall–Kier alpha value is -3.69. The third kappa shape index (κ3) is 5.44.